The Hall–Kier alpha value is -2.33. The molecule has 0 N–H and O–H groups in total. The maximum Gasteiger partial charge on any atom is 0.321 e. The zero-order chi connectivity index (χ0) is 18.4. The Kier molecular flexibility index (Phi) is 6.59. The van der Waals surface area contributed by atoms with Crippen LogP contribution in [-0.2, 0) is 9.53 Å². The van der Waals surface area contributed by atoms with E-state index in [1.54, 1.807) is 42.5 Å². The van der Waals surface area contributed by atoms with Gasteiger partial charge in [0, 0.05) is 0 Å². The Morgan fingerprint density at radius 1 is 1.04 bits per heavy atom. The van der Waals surface area contributed by atoms with E-state index in [2.05, 4.69) is 0 Å². The lowest BCUT2D eigenvalue weighted by Crippen LogP contribution is -2.26. The minimum atomic E-state index is -1.09. The van der Waals surface area contributed by atoms with Crippen LogP contribution in [0.15, 0.2) is 48.5 Å². The highest BCUT2D eigenvalue weighted by atomic mass is 35.5. The predicted molar refractivity (Wildman–Crippen MR) is 97.3 cm³/mol. The van der Waals surface area contributed by atoms with Crippen LogP contribution in [0.5, 0.6) is 5.75 Å². The minimum Gasteiger partial charge on any atom is -0.496 e. The number of ether oxygens (including phenoxy) is 2. The molecule has 0 heterocycles. The van der Waals surface area contributed by atoms with Crippen LogP contribution in [0.1, 0.15) is 35.7 Å². The van der Waals surface area contributed by atoms with Crippen LogP contribution >= 0.6 is 11.6 Å². The summed E-state index contributed by atoms with van der Waals surface area (Å²) < 4.78 is 10.6. The fourth-order valence-corrected chi connectivity index (χ4v) is 2.69. The second kappa shape index (κ2) is 8.67. The summed E-state index contributed by atoms with van der Waals surface area (Å²) >= 11 is 6.21. The molecule has 0 saturated carbocycles. The molecule has 0 aliphatic rings. The van der Waals surface area contributed by atoms with Crippen LogP contribution in [0.2, 0.25) is 5.02 Å². The predicted octanol–water partition coefficient (Wildman–Crippen LogP) is 4.51. The van der Waals surface area contributed by atoms with Crippen LogP contribution < -0.4 is 4.74 Å². The molecule has 0 spiro atoms. The highest BCUT2D eigenvalue weighted by Crippen LogP contribution is 2.32. The van der Waals surface area contributed by atoms with E-state index in [1.807, 2.05) is 19.9 Å². The van der Waals surface area contributed by atoms with Crippen LogP contribution in [0.25, 0.3) is 0 Å². The Labute approximate surface area is 152 Å². The molecule has 1 atom stereocenters. The SMILES string of the molecule is COc1cccc(Cl)c1C(=O)C(C(=O)OCC(C)C)c1ccccc1. The normalized spacial score (nSPS) is 11.9. The van der Waals surface area contributed by atoms with Crippen molar-refractivity contribution < 1.29 is 19.1 Å². The van der Waals surface area contributed by atoms with Gasteiger partial charge in [0.25, 0.3) is 0 Å². The van der Waals surface area contributed by atoms with Crippen LogP contribution in [0.3, 0.4) is 0 Å². The Balaban J connectivity index is 2.45. The molecule has 2 rings (SSSR count). The second-order valence-electron chi connectivity index (χ2n) is 6.05. The van der Waals surface area contributed by atoms with Crippen molar-refractivity contribution in [2.45, 2.75) is 19.8 Å². The summed E-state index contributed by atoms with van der Waals surface area (Å²) in [6.07, 6.45) is 0. The monoisotopic (exact) mass is 360 g/mol. The first-order valence-electron chi connectivity index (χ1n) is 8.04. The number of benzene rings is 2. The highest BCUT2D eigenvalue weighted by molar-refractivity contribution is 6.35. The van der Waals surface area contributed by atoms with E-state index in [4.69, 9.17) is 21.1 Å². The fourth-order valence-electron chi connectivity index (χ4n) is 2.43. The molecule has 0 aliphatic carbocycles. The molecular formula is C20H21ClO4. The van der Waals surface area contributed by atoms with Gasteiger partial charge in [-0.15, -0.1) is 0 Å². The summed E-state index contributed by atoms with van der Waals surface area (Å²) in [6.45, 7) is 4.11. The Morgan fingerprint density at radius 3 is 2.32 bits per heavy atom. The first-order chi connectivity index (χ1) is 12.0. The minimum absolute atomic E-state index is 0.172. The third-order valence-corrected chi connectivity index (χ3v) is 3.95. The fraction of sp³-hybridized carbons (Fsp3) is 0.300. The van der Waals surface area contributed by atoms with E-state index in [0.717, 1.165) is 0 Å². The van der Waals surface area contributed by atoms with Gasteiger partial charge >= 0.3 is 5.97 Å². The van der Waals surface area contributed by atoms with E-state index in [-0.39, 0.29) is 23.1 Å². The number of esters is 1. The Bertz CT molecular complexity index is 741. The highest BCUT2D eigenvalue weighted by Gasteiger charge is 2.33. The largest absolute Gasteiger partial charge is 0.496 e. The summed E-state index contributed by atoms with van der Waals surface area (Å²) in [6, 6.07) is 13.7. The van der Waals surface area contributed by atoms with Gasteiger partial charge in [-0.25, -0.2) is 0 Å². The number of Topliss-reactive ketones (excluding diaryl/α,β-unsaturated/α-hetero) is 1. The van der Waals surface area contributed by atoms with Gasteiger partial charge in [-0.3, -0.25) is 9.59 Å². The molecule has 132 valence electrons. The van der Waals surface area contributed by atoms with Crippen molar-refractivity contribution in [2.75, 3.05) is 13.7 Å². The lowest BCUT2D eigenvalue weighted by atomic mass is 9.90. The van der Waals surface area contributed by atoms with Gasteiger partial charge in [-0.2, -0.15) is 0 Å². The van der Waals surface area contributed by atoms with Gasteiger partial charge < -0.3 is 9.47 Å². The zero-order valence-electron chi connectivity index (χ0n) is 14.5. The molecule has 2 aromatic carbocycles. The molecule has 0 saturated heterocycles. The third-order valence-electron chi connectivity index (χ3n) is 3.63. The average molecular weight is 361 g/mol. The number of hydrogen-bond donors (Lipinski definition) is 0. The van der Waals surface area contributed by atoms with Crippen LogP contribution in [0.4, 0.5) is 0 Å². The van der Waals surface area contributed by atoms with E-state index in [1.165, 1.54) is 7.11 Å². The van der Waals surface area contributed by atoms with Gasteiger partial charge in [0.05, 0.1) is 24.3 Å². The number of carbonyl (C=O) groups is 2. The molecule has 0 aliphatic heterocycles. The number of ketones is 1. The number of rotatable bonds is 7. The summed E-state index contributed by atoms with van der Waals surface area (Å²) in [5.74, 6) is -1.62. The quantitative estimate of drug-likeness (QED) is 0.414. The van der Waals surface area contributed by atoms with Gasteiger partial charge in [0.2, 0.25) is 0 Å². The van der Waals surface area contributed by atoms with E-state index < -0.39 is 17.7 Å². The maximum absolute atomic E-state index is 13.2. The van der Waals surface area contributed by atoms with Gasteiger partial charge in [-0.05, 0) is 23.6 Å². The lowest BCUT2D eigenvalue weighted by molar-refractivity contribution is -0.145. The van der Waals surface area contributed by atoms with Gasteiger partial charge in [-0.1, -0.05) is 61.8 Å². The summed E-state index contributed by atoms with van der Waals surface area (Å²) in [7, 11) is 1.46. The number of carbonyl (C=O) groups excluding carboxylic acids is 2. The number of halogens is 1. The first kappa shape index (κ1) is 19.0. The first-order valence-corrected chi connectivity index (χ1v) is 8.41. The Morgan fingerprint density at radius 2 is 1.72 bits per heavy atom. The van der Waals surface area contributed by atoms with Crippen LogP contribution in [0, 0.1) is 5.92 Å². The third kappa shape index (κ3) is 4.60. The van der Waals surface area contributed by atoms with Crippen molar-refractivity contribution >= 4 is 23.4 Å². The maximum atomic E-state index is 13.2. The van der Waals surface area contributed by atoms with Crippen molar-refractivity contribution in [1.29, 1.82) is 0 Å². The van der Waals surface area contributed by atoms with Crippen molar-refractivity contribution in [3.05, 3.63) is 64.7 Å². The summed E-state index contributed by atoms with van der Waals surface area (Å²) in [5.41, 5.74) is 0.741. The second-order valence-corrected chi connectivity index (χ2v) is 6.46. The molecule has 4 nitrogen and oxygen atoms in total. The molecule has 0 fully saturated rings. The van der Waals surface area contributed by atoms with Gasteiger partial charge in [0.15, 0.2) is 5.78 Å². The smallest absolute Gasteiger partial charge is 0.321 e. The van der Waals surface area contributed by atoms with Crippen LogP contribution in [-0.4, -0.2) is 25.5 Å². The topological polar surface area (TPSA) is 52.6 Å². The molecule has 25 heavy (non-hydrogen) atoms. The van der Waals surface area contributed by atoms with Crippen molar-refractivity contribution in [2.24, 2.45) is 5.92 Å². The molecule has 0 aromatic heterocycles. The lowest BCUT2D eigenvalue weighted by Gasteiger charge is -2.18. The molecule has 1 unspecified atom stereocenters. The standard InChI is InChI=1S/C20H21ClO4/c1-13(2)12-25-20(23)17(14-8-5-4-6-9-14)19(22)18-15(21)10-7-11-16(18)24-3/h4-11,13,17H,12H2,1-3H3. The van der Waals surface area contributed by atoms with Gasteiger partial charge in [0.1, 0.15) is 11.7 Å². The van der Waals surface area contributed by atoms with Crippen molar-refractivity contribution in [3.8, 4) is 5.75 Å². The molecule has 0 radical (unpaired) electrons. The number of methoxy groups -OCH3 is 1. The number of hydrogen-bond acceptors (Lipinski definition) is 4. The van der Waals surface area contributed by atoms with Crippen molar-refractivity contribution in [3.63, 3.8) is 0 Å². The molecule has 0 amide bonds. The molecular weight excluding hydrogens is 340 g/mol. The van der Waals surface area contributed by atoms with E-state index >= 15 is 0 Å². The molecule has 5 heteroatoms. The van der Waals surface area contributed by atoms with Crippen molar-refractivity contribution in [1.82, 2.24) is 0 Å². The average Bonchev–Trinajstić information content (AvgIpc) is 2.60. The summed E-state index contributed by atoms with van der Waals surface area (Å²) in [4.78, 5) is 25.8. The summed E-state index contributed by atoms with van der Waals surface area (Å²) in [5, 5.41) is 0.238. The molecule has 0 bridgehead atoms. The van der Waals surface area contributed by atoms with E-state index in [9.17, 15) is 9.59 Å². The molecule has 2 aromatic rings. The van der Waals surface area contributed by atoms with E-state index in [0.29, 0.717) is 11.3 Å². The zero-order valence-corrected chi connectivity index (χ0v) is 15.2.